The molecule has 2 N–H and O–H groups in total. The molecule has 6 heteroatoms. The van der Waals surface area contributed by atoms with Crippen LogP contribution in [-0.4, -0.2) is 33.3 Å². The molecular weight excluding hydrogens is 306 g/mol. The number of nitrogens with zero attached hydrogens (tertiary/aromatic N) is 2. The monoisotopic (exact) mass is 329 g/mol. The van der Waals surface area contributed by atoms with Crippen molar-refractivity contribution in [3.8, 4) is 0 Å². The van der Waals surface area contributed by atoms with Crippen LogP contribution in [0.1, 0.15) is 32.9 Å². The molecule has 1 amide bonds. The molecule has 1 aromatic heterocycles. The lowest BCUT2D eigenvalue weighted by atomic mass is 9.98. The lowest BCUT2D eigenvalue weighted by Crippen LogP contribution is -2.34. The Kier molecular flexibility index (Phi) is 5.39. The number of benzene rings is 1. The van der Waals surface area contributed by atoms with Crippen molar-refractivity contribution in [1.29, 1.82) is 0 Å². The number of aryl methyl sites for hydroxylation is 3. The van der Waals surface area contributed by atoms with Gasteiger partial charge >= 0.3 is 5.97 Å². The Hall–Kier alpha value is -2.63. The molecule has 0 bridgehead atoms. The molecule has 0 radical (unpaired) electrons. The minimum atomic E-state index is -0.920. The quantitative estimate of drug-likeness (QED) is 0.849. The number of carbonyl (C=O) groups excluding carboxylic acids is 1. The third-order valence-corrected chi connectivity index (χ3v) is 4.16. The van der Waals surface area contributed by atoms with E-state index in [0.29, 0.717) is 17.7 Å². The molecule has 0 aliphatic heterocycles. The summed E-state index contributed by atoms with van der Waals surface area (Å²) in [6.45, 7) is 5.63. The van der Waals surface area contributed by atoms with E-state index in [4.69, 9.17) is 0 Å². The highest BCUT2D eigenvalue weighted by Gasteiger charge is 2.22. The number of amides is 1. The Morgan fingerprint density at radius 3 is 2.54 bits per heavy atom. The van der Waals surface area contributed by atoms with E-state index in [2.05, 4.69) is 10.4 Å². The summed E-state index contributed by atoms with van der Waals surface area (Å²) in [7, 11) is 1.77. The molecule has 0 fully saturated rings. The molecule has 1 heterocycles. The van der Waals surface area contributed by atoms with Gasteiger partial charge in [-0.1, -0.05) is 29.8 Å². The number of carboxylic acids is 1. The lowest BCUT2D eigenvalue weighted by Gasteiger charge is -2.14. The Morgan fingerprint density at radius 2 is 2.00 bits per heavy atom. The molecule has 0 aliphatic rings. The van der Waals surface area contributed by atoms with Crippen molar-refractivity contribution in [2.45, 2.75) is 27.2 Å². The van der Waals surface area contributed by atoms with Crippen molar-refractivity contribution in [3.05, 3.63) is 52.3 Å². The maximum atomic E-state index is 12.4. The zero-order valence-corrected chi connectivity index (χ0v) is 14.5. The van der Waals surface area contributed by atoms with Crippen LogP contribution in [0.15, 0.2) is 24.3 Å². The van der Waals surface area contributed by atoms with E-state index in [1.807, 2.05) is 38.1 Å². The van der Waals surface area contributed by atoms with E-state index in [1.165, 1.54) is 0 Å². The molecule has 1 atom stereocenters. The largest absolute Gasteiger partial charge is 0.481 e. The van der Waals surface area contributed by atoms with Crippen LogP contribution in [0, 0.1) is 26.7 Å². The smallest absolute Gasteiger partial charge is 0.308 e. The predicted octanol–water partition coefficient (Wildman–Crippen LogP) is 2.02. The summed E-state index contributed by atoms with van der Waals surface area (Å²) in [5.74, 6) is -1.88. The van der Waals surface area contributed by atoms with Crippen LogP contribution >= 0.6 is 0 Å². The standard InChI is InChI=1S/C18H23N3O3/c1-11-6-5-7-14(8-11)9-15(18(23)24)10-19-17(22)16-12(2)20-21(4)13(16)3/h5-8,15H,9-10H2,1-4H3,(H,19,22)(H,23,24). The molecule has 24 heavy (non-hydrogen) atoms. The predicted molar refractivity (Wildman–Crippen MR) is 91.0 cm³/mol. The summed E-state index contributed by atoms with van der Waals surface area (Å²) >= 11 is 0. The van der Waals surface area contributed by atoms with Crippen molar-refractivity contribution in [2.75, 3.05) is 6.54 Å². The van der Waals surface area contributed by atoms with E-state index >= 15 is 0 Å². The molecule has 0 saturated carbocycles. The average molecular weight is 329 g/mol. The van der Waals surface area contributed by atoms with E-state index in [1.54, 1.807) is 18.7 Å². The third-order valence-electron chi connectivity index (χ3n) is 4.16. The highest BCUT2D eigenvalue weighted by molar-refractivity contribution is 5.96. The zero-order valence-electron chi connectivity index (χ0n) is 14.5. The van der Waals surface area contributed by atoms with E-state index < -0.39 is 11.9 Å². The fraction of sp³-hybridized carbons (Fsp3) is 0.389. The summed E-state index contributed by atoms with van der Waals surface area (Å²) in [5.41, 5.74) is 3.94. The number of carboxylic acid groups (broad SMARTS) is 1. The van der Waals surface area contributed by atoms with Gasteiger partial charge in [0.05, 0.1) is 17.2 Å². The summed E-state index contributed by atoms with van der Waals surface area (Å²) in [6.07, 6.45) is 0.377. The Bertz CT molecular complexity index is 765. The zero-order chi connectivity index (χ0) is 17.9. The molecule has 0 saturated heterocycles. The van der Waals surface area contributed by atoms with E-state index in [-0.39, 0.29) is 12.5 Å². The third kappa shape index (κ3) is 4.01. The molecule has 6 nitrogen and oxygen atoms in total. The summed E-state index contributed by atoms with van der Waals surface area (Å²) < 4.78 is 1.64. The van der Waals surface area contributed by atoms with Crippen LogP contribution in [0.3, 0.4) is 0 Å². The first-order valence-electron chi connectivity index (χ1n) is 7.86. The van der Waals surface area contributed by atoms with Gasteiger partial charge in [0.15, 0.2) is 0 Å². The van der Waals surface area contributed by atoms with Gasteiger partial charge in [-0.25, -0.2) is 0 Å². The Morgan fingerprint density at radius 1 is 1.29 bits per heavy atom. The van der Waals surface area contributed by atoms with Crippen LogP contribution in [0.4, 0.5) is 0 Å². The molecule has 0 aliphatic carbocycles. The molecule has 0 spiro atoms. The summed E-state index contributed by atoms with van der Waals surface area (Å²) in [5, 5.41) is 16.4. The second-order valence-corrected chi connectivity index (χ2v) is 6.11. The van der Waals surface area contributed by atoms with Gasteiger partial charge < -0.3 is 10.4 Å². The molecule has 128 valence electrons. The van der Waals surface area contributed by atoms with Crippen molar-refractivity contribution in [3.63, 3.8) is 0 Å². The van der Waals surface area contributed by atoms with Crippen molar-refractivity contribution >= 4 is 11.9 Å². The second-order valence-electron chi connectivity index (χ2n) is 6.11. The van der Waals surface area contributed by atoms with Crippen molar-refractivity contribution in [2.24, 2.45) is 13.0 Å². The maximum Gasteiger partial charge on any atom is 0.308 e. The highest BCUT2D eigenvalue weighted by atomic mass is 16.4. The number of nitrogens with one attached hydrogen (secondary N) is 1. The Labute approximate surface area is 141 Å². The van der Waals surface area contributed by atoms with Gasteiger partial charge in [-0.3, -0.25) is 14.3 Å². The van der Waals surface area contributed by atoms with Crippen molar-refractivity contribution in [1.82, 2.24) is 15.1 Å². The first-order valence-corrected chi connectivity index (χ1v) is 7.86. The number of aromatic nitrogens is 2. The van der Waals surface area contributed by atoms with Crippen LogP contribution < -0.4 is 5.32 Å². The number of aliphatic carboxylic acids is 1. The fourth-order valence-electron chi connectivity index (χ4n) is 2.78. The van der Waals surface area contributed by atoms with Gasteiger partial charge in [-0.2, -0.15) is 5.10 Å². The minimum Gasteiger partial charge on any atom is -0.481 e. The SMILES string of the molecule is Cc1cccc(CC(CNC(=O)c2c(C)nn(C)c2C)C(=O)O)c1. The van der Waals surface area contributed by atoms with Crippen LogP contribution in [-0.2, 0) is 18.3 Å². The van der Waals surface area contributed by atoms with Crippen LogP contribution in [0.2, 0.25) is 0 Å². The lowest BCUT2D eigenvalue weighted by molar-refractivity contribution is -0.141. The fourth-order valence-corrected chi connectivity index (χ4v) is 2.78. The van der Waals surface area contributed by atoms with Gasteiger partial charge in [-0.05, 0) is 32.8 Å². The van der Waals surface area contributed by atoms with Gasteiger partial charge in [-0.15, -0.1) is 0 Å². The number of hydrogen-bond acceptors (Lipinski definition) is 3. The van der Waals surface area contributed by atoms with E-state index in [0.717, 1.165) is 16.8 Å². The van der Waals surface area contributed by atoms with Gasteiger partial charge in [0, 0.05) is 19.3 Å². The first-order chi connectivity index (χ1) is 11.3. The van der Waals surface area contributed by atoms with Crippen molar-refractivity contribution < 1.29 is 14.7 Å². The molecule has 2 aromatic rings. The summed E-state index contributed by atoms with van der Waals surface area (Å²) in [4.78, 5) is 23.9. The topological polar surface area (TPSA) is 84.2 Å². The number of carbonyl (C=O) groups is 2. The van der Waals surface area contributed by atoms with E-state index in [9.17, 15) is 14.7 Å². The first kappa shape index (κ1) is 17.7. The van der Waals surface area contributed by atoms with Gasteiger partial charge in [0.25, 0.3) is 5.91 Å². The molecule has 1 aromatic carbocycles. The second kappa shape index (κ2) is 7.29. The van der Waals surface area contributed by atoms with Crippen LogP contribution in [0.5, 0.6) is 0 Å². The number of hydrogen-bond donors (Lipinski definition) is 2. The summed E-state index contributed by atoms with van der Waals surface area (Å²) in [6, 6.07) is 7.74. The normalized spacial score (nSPS) is 12.0. The highest BCUT2D eigenvalue weighted by Crippen LogP contribution is 2.13. The molecule has 2 rings (SSSR count). The van der Waals surface area contributed by atoms with Gasteiger partial charge in [0.2, 0.25) is 0 Å². The minimum absolute atomic E-state index is 0.0792. The van der Waals surface area contributed by atoms with Crippen LogP contribution in [0.25, 0.3) is 0 Å². The molecular formula is C18H23N3O3. The molecule has 1 unspecified atom stereocenters. The van der Waals surface area contributed by atoms with Gasteiger partial charge in [0.1, 0.15) is 0 Å². The Balaban J connectivity index is 2.06. The number of rotatable bonds is 6. The average Bonchev–Trinajstić information content (AvgIpc) is 2.76. The maximum absolute atomic E-state index is 12.4.